The molecule has 0 atom stereocenters. The molecule has 5 heteroatoms. The van der Waals surface area contributed by atoms with E-state index in [0.29, 0.717) is 12.2 Å². The molecular weight excluding hydrogens is 314 g/mol. The van der Waals surface area contributed by atoms with Crippen molar-refractivity contribution < 1.29 is 9.59 Å². The van der Waals surface area contributed by atoms with Gasteiger partial charge in [-0.1, -0.05) is 30.3 Å². The van der Waals surface area contributed by atoms with E-state index < -0.39 is 11.8 Å². The molecule has 2 amide bonds. The molecule has 1 heterocycles. The van der Waals surface area contributed by atoms with Crippen molar-refractivity contribution >= 4 is 23.2 Å². The van der Waals surface area contributed by atoms with Gasteiger partial charge in [-0.2, -0.15) is 0 Å². The van der Waals surface area contributed by atoms with Crippen LogP contribution in [0.2, 0.25) is 0 Å². The number of nitrogens with one attached hydrogen (secondary N) is 1. The predicted octanol–water partition coefficient (Wildman–Crippen LogP) is 2.88. The molecule has 1 aliphatic rings. The highest BCUT2D eigenvalue weighted by Crippen LogP contribution is 2.22. The standard InChI is InChI=1S/C20H23N3O2/c1-22(15-16-7-3-2-4-8-16)20(25)19(24)21-17-9-11-18(12-10-17)23-13-5-6-14-23/h2-4,7-12H,5-6,13-15H2,1H3,(H,21,24). The van der Waals surface area contributed by atoms with Gasteiger partial charge in [-0.25, -0.2) is 0 Å². The van der Waals surface area contributed by atoms with Crippen LogP contribution in [0, 0.1) is 0 Å². The van der Waals surface area contributed by atoms with Gasteiger partial charge in [0.1, 0.15) is 0 Å². The van der Waals surface area contributed by atoms with Crippen LogP contribution in [0.3, 0.4) is 0 Å². The third kappa shape index (κ3) is 4.38. The second kappa shape index (κ2) is 7.83. The number of amides is 2. The van der Waals surface area contributed by atoms with Crippen LogP contribution in [0.25, 0.3) is 0 Å². The van der Waals surface area contributed by atoms with E-state index in [-0.39, 0.29) is 0 Å². The summed E-state index contributed by atoms with van der Waals surface area (Å²) in [6, 6.07) is 17.3. The van der Waals surface area contributed by atoms with E-state index in [1.807, 2.05) is 54.6 Å². The topological polar surface area (TPSA) is 52.7 Å². The Hall–Kier alpha value is -2.82. The Bertz CT molecular complexity index is 722. The van der Waals surface area contributed by atoms with Crippen LogP contribution in [0.1, 0.15) is 18.4 Å². The van der Waals surface area contributed by atoms with E-state index in [1.54, 1.807) is 7.05 Å². The molecule has 0 unspecified atom stereocenters. The lowest BCUT2D eigenvalue weighted by Crippen LogP contribution is -2.36. The van der Waals surface area contributed by atoms with Gasteiger partial charge >= 0.3 is 11.8 Å². The first-order valence-corrected chi connectivity index (χ1v) is 8.59. The number of anilines is 2. The molecule has 1 fully saturated rings. The van der Waals surface area contributed by atoms with Gasteiger partial charge in [0.05, 0.1) is 0 Å². The Labute approximate surface area is 148 Å². The Morgan fingerprint density at radius 3 is 2.28 bits per heavy atom. The molecule has 0 aromatic heterocycles. The van der Waals surface area contributed by atoms with Gasteiger partial charge in [-0.3, -0.25) is 9.59 Å². The largest absolute Gasteiger partial charge is 0.372 e. The van der Waals surface area contributed by atoms with Gasteiger partial charge in [0.2, 0.25) is 0 Å². The molecule has 0 bridgehead atoms. The number of nitrogens with zero attached hydrogens (tertiary/aromatic N) is 2. The molecule has 25 heavy (non-hydrogen) atoms. The van der Waals surface area contributed by atoms with Gasteiger partial charge in [0.15, 0.2) is 0 Å². The molecular formula is C20H23N3O2. The normalized spacial score (nSPS) is 13.6. The third-order valence-corrected chi connectivity index (χ3v) is 4.40. The van der Waals surface area contributed by atoms with Crippen LogP contribution in [0.5, 0.6) is 0 Å². The van der Waals surface area contributed by atoms with Gasteiger partial charge in [-0.15, -0.1) is 0 Å². The number of hydrogen-bond donors (Lipinski definition) is 1. The first-order chi connectivity index (χ1) is 12.1. The molecule has 1 aliphatic heterocycles. The molecule has 2 aromatic carbocycles. The minimum Gasteiger partial charge on any atom is -0.372 e. The van der Waals surface area contributed by atoms with Crippen LogP contribution in [0.15, 0.2) is 54.6 Å². The number of carbonyl (C=O) groups is 2. The van der Waals surface area contributed by atoms with Crippen LogP contribution in [0.4, 0.5) is 11.4 Å². The van der Waals surface area contributed by atoms with Crippen molar-refractivity contribution in [3.05, 3.63) is 60.2 Å². The summed E-state index contributed by atoms with van der Waals surface area (Å²) >= 11 is 0. The summed E-state index contributed by atoms with van der Waals surface area (Å²) in [5.74, 6) is -1.17. The van der Waals surface area contributed by atoms with E-state index >= 15 is 0 Å². The fraction of sp³-hybridized carbons (Fsp3) is 0.300. The average Bonchev–Trinajstić information content (AvgIpc) is 3.17. The molecule has 0 saturated carbocycles. The molecule has 3 rings (SSSR count). The van der Waals surface area contributed by atoms with Crippen LogP contribution in [-0.4, -0.2) is 36.9 Å². The monoisotopic (exact) mass is 337 g/mol. The van der Waals surface area contributed by atoms with Crippen molar-refractivity contribution in [1.82, 2.24) is 4.90 Å². The number of likely N-dealkylation sites (N-methyl/N-ethyl adjacent to an activating group) is 1. The molecule has 1 N–H and O–H groups in total. The summed E-state index contributed by atoms with van der Waals surface area (Å²) in [5, 5.41) is 2.68. The van der Waals surface area contributed by atoms with E-state index in [0.717, 1.165) is 24.3 Å². The Balaban J connectivity index is 1.56. The summed E-state index contributed by atoms with van der Waals surface area (Å²) in [6.07, 6.45) is 2.45. The lowest BCUT2D eigenvalue weighted by Gasteiger charge is -2.18. The maximum atomic E-state index is 12.2. The predicted molar refractivity (Wildman–Crippen MR) is 99.4 cm³/mol. The summed E-state index contributed by atoms with van der Waals surface area (Å²) in [5.41, 5.74) is 2.78. The van der Waals surface area contributed by atoms with Crippen LogP contribution < -0.4 is 10.2 Å². The zero-order chi connectivity index (χ0) is 17.6. The SMILES string of the molecule is CN(Cc1ccccc1)C(=O)C(=O)Nc1ccc(N2CCCC2)cc1. The Morgan fingerprint density at radius 1 is 1.00 bits per heavy atom. The highest BCUT2D eigenvalue weighted by molar-refractivity contribution is 6.39. The van der Waals surface area contributed by atoms with Gasteiger partial charge in [-0.05, 0) is 42.7 Å². The molecule has 0 aliphatic carbocycles. The summed E-state index contributed by atoms with van der Waals surface area (Å²) < 4.78 is 0. The van der Waals surface area contributed by atoms with E-state index in [4.69, 9.17) is 0 Å². The van der Waals surface area contributed by atoms with Gasteiger partial charge < -0.3 is 15.1 Å². The average molecular weight is 337 g/mol. The maximum absolute atomic E-state index is 12.2. The molecule has 0 spiro atoms. The molecule has 5 nitrogen and oxygen atoms in total. The van der Waals surface area contributed by atoms with Crippen molar-refractivity contribution in [2.24, 2.45) is 0 Å². The molecule has 2 aromatic rings. The minimum atomic E-state index is -0.618. The zero-order valence-electron chi connectivity index (χ0n) is 14.4. The van der Waals surface area contributed by atoms with Crippen molar-refractivity contribution in [3.8, 4) is 0 Å². The lowest BCUT2D eigenvalue weighted by atomic mass is 10.2. The van der Waals surface area contributed by atoms with E-state index in [2.05, 4.69) is 10.2 Å². The van der Waals surface area contributed by atoms with Gasteiger partial charge in [0, 0.05) is 38.1 Å². The highest BCUT2D eigenvalue weighted by atomic mass is 16.2. The Morgan fingerprint density at radius 2 is 1.64 bits per heavy atom. The highest BCUT2D eigenvalue weighted by Gasteiger charge is 2.19. The fourth-order valence-electron chi connectivity index (χ4n) is 3.02. The zero-order valence-corrected chi connectivity index (χ0v) is 14.4. The smallest absolute Gasteiger partial charge is 0.313 e. The van der Waals surface area contributed by atoms with E-state index in [9.17, 15) is 9.59 Å². The maximum Gasteiger partial charge on any atom is 0.313 e. The Kier molecular flexibility index (Phi) is 5.33. The molecule has 1 saturated heterocycles. The number of carbonyl (C=O) groups excluding carboxylic acids is 2. The summed E-state index contributed by atoms with van der Waals surface area (Å²) in [6.45, 7) is 2.56. The van der Waals surface area contributed by atoms with Crippen molar-refractivity contribution in [3.63, 3.8) is 0 Å². The van der Waals surface area contributed by atoms with Crippen molar-refractivity contribution in [2.45, 2.75) is 19.4 Å². The van der Waals surface area contributed by atoms with Crippen molar-refractivity contribution in [1.29, 1.82) is 0 Å². The molecule has 130 valence electrons. The number of benzene rings is 2. The number of rotatable bonds is 4. The lowest BCUT2D eigenvalue weighted by molar-refractivity contribution is -0.142. The third-order valence-electron chi connectivity index (χ3n) is 4.40. The first-order valence-electron chi connectivity index (χ1n) is 8.59. The summed E-state index contributed by atoms with van der Waals surface area (Å²) in [4.78, 5) is 28.1. The first kappa shape index (κ1) is 17.0. The minimum absolute atomic E-state index is 0.404. The summed E-state index contributed by atoms with van der Waals surface area (Å²) in [7, 11) is 1.63. The van der Waals surface area contributed by atoms with Gasteiger partial charge in [0.25, 0.3) is 0 Å². The quantitative estimate of drug-likeness (QED) is 0.873. The second-order valence-electron chi connectivity index (χ2n) is 6.34. The van der Waals surface area contributed by atoms with Crippen molar-refractivity contribution in [2.75, 3.05) is 30.4 Å². The van der Waals surface area contributed by atoms with E-state index in [1.165, 1.54) is 17.7 Å². The number of hydrogen-bond acceptors (Lipinski definition) is 3. The second-order valence-corrected chi connectivity index (χ2v) is 6.34. The van der Waals surface area contributed by atoms with Crippen LogP contribution >= 0.6 is 0 Å². The fourth-order valence-corrected chi connectivity index (χ4v) is 3.02. The van der Waals surface area contributed by atoms with Crippen LogP contribution in [-0.2, 0) is 16.1 Å². The molecule has 0 radical (unpaired) electrons.